The molecule has 1 amide bonds. The first kappa shape index (κ1) is 18.1. The molecule has 0 atom stereocenters. The van der Waals surface area contributed by atoms with E-state index in [-0.39, 0.29) is 11.5 Å². The number of amides is 1. The molecule has 0 saturated carbocycles. The monoisotopic (exact) mass is 404 g/mol. The van der Waals surface area contributed by atoms with Gasteiger partial charge in [-0.15, -0.1) is 11.3 Å². The zero-order valence-electron chi connectivity index (χ0n) is 15.8. The topological polar surface area (TPSA) is 53.8 Å². The lowest BCUT2D eigenvalue weighted by atomic mass is 10.1. The van der Waals surface area contributed by atoms with Gasteiger partial charge in [-0.2, -0.15) is 0 Å². The van der Waals surface area contributed by atoms with Crippen molar-refractivity contribution in [2.45, 2.75) is 6.54 Å². The maximum Gasteiger partial charge on any atom is 0.349 e. The summed E-state index contributed by atoms with van der Waals surface area (Å²) in [5.41, 5.74) is 1.38. The molecule has 1 saturated heterocycles. The molecule has 0 spiro atoms. The van der Waals surface area contributed by atoms with E-state index in [0.717, 1.165) is 25.0 Å². The summed E-state index contributed by atoms with van der Waals surface area (Å²) in [6.45, 7) is 3.66. The third-order valence-corrected chi connectivity index (χ3v) is 6.50. The Balaban J connectivity index is 1.28. The maximum absolute atomic E-state index is 12.9. The predicted octanol–water partition coefficient (Wildman–Crippen LogP) is 3.97. The molecule has 5 rings (SSSR count). The molecule has 3 heterocycles. The summed E-state index contributed by atoms with van der Waals surface area (Å²) < 4.78 is 6.63. The van der Waals surface area contributed by atoms with Crippen LogP contribution in [0.25, 0.3) is 21.1 Å². The highest BCUT2D eigenvalue weighted by molar-refractivity contribution is 7.17. The highest BCUT2D eigenvalue weighted by Crippen LogP contribution is 2.27. The van der Waals surface area contributed by atoms with Gasteiger partial charge >= 0.3 is 5.63 Å². The summed E-state index contributed by atoms with van der Waals surface area (Å²) in [6.07, 6.45) is 0. The highest BCUT2D eigenvalue weighted by atomic mass is 32.1. The van der Waals surface area contributed by atoms with Gasteiger partial charge in [-0.1, -0.05) is 36.4 Å². The fourth-order valence-electron chi connectivity index (χ4n) is 3.89. The molecular weight excluding hydrogens is 384 g/mol. The average Bonchev–Trinajstić information content (AvgIpc) is 3.16. The van der Waals surface area contributed by atoms with Gasteiger partial charge in [-0.3, -0.25) is 9.69 Å². The third-order valence-electron chi connectivity index (χ3n) is 5.49. The Morgan fingerprint density at radius 1 is 1.00 bits per heavy atom. The second-order valence-corrected chi connectivity index (χ2v) is 8.22. The van der Waals surface area contributed by atoms with Crippen molar-refractivity contribution in [3.05, 3.63) is 81.5 Å². The number of para-hydroxylation sites is 1. The van der Waals surface area contributed by atoms with E-state index in [1.807, 2.05) is 18.2 Å². The second-order valence-electron chi connectivity index (χ2n) is 7.31. The van der Waals surface area contributed by atoms with Crippen molar-refractivity contribution < 1.29 is 9.21 Å². The molecule has 6 heteroatoms. The molecule has 1 fully saturated rings. The molecule has 5 nitrogen and oxygen atoms in total. The quantitative estimate of drug-likeness (QED) is 0.485. The number of rotatable bonds is 3. The Kier molecular flexibility index (Phi) is 4.66. The zero-order valence-corrected chi connectivity index (χ0v) is 16.7. The first-order valence-electron chi connectivity index (χ1n) is 9.69. The van der Waals surface area contributed by atoms with Crippen LogP contribution in [-0.2, 0) is 6.54 Å². The van der Waals surface area contributed by atoms with Crippen LogP contribution >= 0.6 is 11.3 Å². The number of nitrogens with zero attached hydrogens (tertiary/aromatic N) is 2. The molecule has 0 N–H and O–H groups in total. The highest BCUT2D eigenvalue weighted by Gasteiger charge is 2.25. The Labute approximate surface area is 171 Å². The van der Waals surface area contributed by atoms with Crippen LogP contribution in [-0.4, -0.2) is 41.9 Å². The van der Waals surface area contributed by atoms with Gasteiger partial charge in [0.2, 0.25) is 0 Å². The van der Waals surface area contributed by atoms with E-state index in [1.54, 1.807) is 28.4 Å². The molecule has 1 aliphatic heterocycles. The summed E-state index contributed by atoms with van der Waals surface area (Å²) in [5.74, 6) is -0.245. The number of hydrogen-bond donors (Lipinski definition) is 0. The summed E-state index contributed by atoms with van der Waals surface area (Å²) in [4.78, 5) is 29.3. The lowest BCUT2D eigenvalue weighted by molar-refractivity contribution is 0.0625. The Bertz CT molecular complexity index is 1250. The van der Waals surface area contributed by atoms with E-state index in [2.05, 4.69) is 34.5 Å². The van der Waals surface area contributed by atoms with Crippen molar-refractivity contribution in [2.24, 2.45) is 0 Å². The van der Waals surface area contributed by atoms with E-state index < -0.39 is 5.63 Å². The van der Waals surface area contributed by atoms with Crippen molar-refractivity contribution in [3.8, 4) is 0 Å². The molecule has 2 aromatic heterocycles. The zero-order chi connectivity index (χ0) is 19.8. The van der Waals surface area contributed by atoms with Gasteiger partial charge in [-0.25, -0.2) is 4.79 Å². The van der Waals surface area contributed by atoms with E-state index >= 15 is 0 Å². The first-order chi connectivity index (χ1) is 14.2. The van der Waals surface area contributed by atoms with Gasteiger partial charge in [0.15, 0.2) is 0 Å². The number of carbonyl (C=O) groups excluding carboxylic acids is 1. The lowest BCUT2D eigenvalue weighted by Crippen LogP contribution is -2.49. The lowest BCUT2D eigenvalue weighted by Gasteiger charge is -2.34. The minimum absolute atomic E-state index is 0.112. The van der Waals surface area contributed by atoms with Crippen molar-refractivity contribution in [2.75, 3.05) is 26.2 Å². The van der Waals surface area contributed by atoms with Crippen molar-refractivity contribution >= 4 is 38.3 Å². The first-order valence-corrected chi connectivity index (χ1v) is 10.6. The fourth-order valence-corrected chi connectivity index (χ4v) is 4.84. The Hall–Kier alpha value is -2.96. The molecule has 29 heavy (non-hydrogen) atoms. The second kappa shape index (κ2) is 7.46. The van der Waals surface area contributed by atoms with E-state index in [0.29, 0.717) is 18.7 Å². The van der Waals surface area contributed by atoms with Crippen LogP contribution in [0.1, 0.15) is 15.9 Å². The van der Waals surface area contributed by atoms with Crippen molar-refractivity contribution in [1.82, 2.24) is 9.80 Å². The fraction of sp³-hybridized carbons (Fsp3) is 0.217. The van der Waals surface area contributed by atoms with Crippen LogP contribution in [0.3, 0.4) is 0 Å². The molecule has 1 aliphatic rings. The van der Waals surface area contributed by atoms with Gasteiger partial charge < -0.3 is 9.32 Å². The van der Waals surface area contributed by atoms with Crippen LogP contribution in [0, 0.1) is 0 Å². The predicted molar refractivity (Wildman–Crippen MR) is 115 cm³/mol. The van der Waals surface area contributed by atoms with Gasteiger partial charge in [0.05, 0.1) is 0 Å². The summed E-state index contributed by atoms with van der Waals surface area (Å²) in [6, 6.07) is 17.4. The Morgan fingerprint density at radius 3 is 2.62 bits per heavy atom. The SMILES string of the molecule is O=C(c1cc2ccccc2oc1=O)N1CCN(Cc2csc3ccccc23)CC1. The number of piperazine rings is 1. The van der Waals surface area contributed by atoms with Crippen LogP contribution in [0.4, 0.5) is 0 Å². The summed E-state index contributed by atoms with van der Waals surface area (Å²) in [7, 11) is 0. The molecule has 4 aromatic rings. The molecule has 0 bridgehead atoms. The minimum atomic E-state index is -0.569. The number of carbonyl (C=O) groups is 1. The summed E-state index contributed by atoms with van der Waals surface area (Å²) in [5, 5.41) is 4.30. The molecular formula is C23H20N2O3S. The van der Waals surface area contributed by atoms with Gasteiger partial charge in [0, 0.05) is 42.8 Å². The number of thiophene rings is 1. The standard InChI is InChI=1S/C23H20N2O3S/c26-22(19-13-16-5-1-3-7-20(16)28-23(19)27)25-11-9-24(10-12-25)14-17-15-29-21-8-4-2-6-18(17)21/h1-8,13,15H,9-12,14H2. The molecule has 2 aromatic carbocycles. The van der Waals surface area contributed by atoms with Gasteiger partial charge in [-0.05, 0) is 34.5 Å². The van der Waals surface area contributed by atoms with E-state index in [9.17, 15) is 9.59 Å². The number of benzene rings is 2. The number of hydrogen-bond acceptors (Lipinski definition) is 5. The third kappa shape index (κ3) is 3.45. The molecule has 146 valence electrons. The molecule has 0 aliphatic carbocycles. The normalized spacial score (nSPS) is 15.2. The minimum Gasteiger partial charge on any atom is -0.422 e. The van der Waals surface area contributed by atoms with Crippen LogP contribution in [0.15, 0.2) is 69.2 Å². The summed E-state index contributed by atoms with van der Waals surface area (Å²) >= 11 is 1.77. The van der Waals surface area contributed by atoms with E-state index in [1.165, 1.54) is 15.6 Å². The van der Waals surface area contributed by atoms with Crippen LogP contribution in [0.2, 0.25) is 0 Å². The van der Waals surface area contributed by atoms with Gasteiger partial charge in [0.25, 0.3) is 5.91 Å². The van der Waals surface area contributed by atoms with E-state index in [4.69, 9.17) is 4.42 Å². The number of fused-ring (bicyclic) bond motifs is 2. The molecule has 0 radical (unpaired) electrons. The van der Waals surface area contributed by atoms with Gasteiger partial charge in [0.1, 0.15) is 11.1 Å². The average molecular weight is 404 g/mol. The van der Waals surface area contributed by atoms with Crippen LogP contribution in [0.5, 0.6) is 0 Å². The maximum atomic E-state index is 12.9. The molecule has 0 unspecified atom stereocenters. The Morgan fingerprint density at radius 2 is 1.76 bits per heavy atom. The van der Waals surface area contributed by atoms with Crippen LogP contribution < -0.4 is 5.63 Å². The smallest absolute Gasteiger partial charge is 0.349 e. The van der Waals surface area contributed by atoms with Crippen molar-refractivity contribution in [3.63, 3.8) is 0 Å². The largest absolute Gasteiger partial charge is 0.422 e. The van der Waals surface area contributed by atoms with Crippen molar-refractivity contribution in [1.29, 1.82) is 0 Å².